The molecule has 0 saturated heterocycles. The number of aryl methyl sites for hydroxylation is 1. The van der Waals surface area contributed by atoms with E-state index in [2.05, 4.69) is 10.3 Å². The van der Waals surface area contributed by atoms with Gasteiger partial charge in [-0.05, 0) is 43.7 Å². The molecule has 0 bridgehead atoms. The highest BCUT2D eigenvalue weighted by atomic mass is 35.5. The van der Waals surface area contributed by atoms with Crippen molar-refractivity contribution in [2.75, 3.05) is 18.9 Å². The van der Waals surface area contributed by atoms with Gasteiger partial charge in [0.05, 0.1) is 28.4 Å². The summed E-state index contributed by atoms with van der Waals surface area (Å²) in [6.45, 7) is 4.87. The molecule has 0 fully saturated rings. The number of hydrogen-bond donors (Lipinski definition) is 1. The van der Waals surface area contributed by atoms with Crippen molar-refractivity contribution in [2.24, 2.45) is 4.99 Å². The van der Waals surface area contributed by atoms with Crippen molar-refractivity contribution in [3.8, 4) is 0 Å². The van der Waals surface area contributed by atoms with E-state index in [1.807, 2.05) is 31.9 Å². The average Bonchev–Trinajstić information content (AvgIpc) is 2.51. The molecular formula is C17H19ClFN3. The Bertz CT molecular complexity index is 686. The fraction of sp³-hybridized carbons (Fsp3) is 0.235. The van der Waals surface area contributed by atoms with Crippen LogP contribution in [0.5, 0.6) is 0 Å². The molecule has 0 spiro atoms. The largest absolute Gasteiger partial charge is 0.366 e. The fourth-order valence-corrected chi connectivity index (χ4v) is 2.06. The molecular weight excluding hydrogens is 301 g/mol. The van der Waals surface area contributed by atoms with Crippen LogP contribution in [0.3, 0.4) is 0 Å². The zero-order chi connectivity index (χ0) is 16.1. The maximum atomic E-state index is 13.7. The first-order valence-corrected chi connectivity index (χ1v) is 7.45. The Morgan fingerprint density at radius 2 is 2.00 bits per heavy atom. The van der Waals surface area contributed by atoms with Crippen molar-refractivity contribution in [2.45, 2.75) is 13.8 Å². The lowest BCUT2D eigenvalue weighted by atomic mass is 10.1. The topological polar surface area (TPSA) is 27.6 Å². The summed E-state index contributed by atoms with van der Waals surface area (Å²) >= 11 is 6.28. The molecule has 2 aromatic rings. The number of para-hydroxylation sites is 1. The maximum absolute atomic E-state index is 13.7. The lowest BCUT2D eigenvalue weighted by molar-refractivity contribution is 0.552. The van der Waals surface area contributed by atoms with E-state index >= 15 is 0 Å². The van der Waals surface area contributed by atoms with Gasteiger partial charge in [0.15, 0.2) is 0 Å². The Kier molecular flexibility index (Phi) is 5.39. The van der Waals surface area contributed by atoms with Gasteiger partial charge in [-0.25, -0.2) is 9.38 Å². The summed E-state index contributed by atoms with van der Waals surface area (Å²) in [4.78, 5) is 6.39. The second-order valence-electron chi connectivity index (χ2n) is 5.04. The molecule has 0 unspecified atom stereocenters. The summed E-state index contributed by atoms with van der Waals surface area (Å²) in [6.07, 6.45) is 1.77. The highest BCUT2D eigenvalue weighted by molar-refractivity contribution is 6.33. The number of nitrogens with one attached hydrogen (secondary N) is 1. The first kappa shape index (κ1) is 16.3. The van der Waals surface area contributed by atoms with Crippen LogP contribution in [0.25, 0.3) is 0 Å². The molecule has 2 aromatic carbocycles. The highest BCUT2D eigenvalue weighted by Crippen LogP contribution is 2.33. The van der Waals surface area contributed by atoms with Gasteiger partial charge < -0.3 is 10.2 Å². The van der Waals surface area contributed by atoms with E-state index < -0.39 is 0 Å². The zero-order valence-corrected chi connectivity index (χ0v) is 13.7. The molecule has 0 amide bonds. The maximum Gasteiger partial charge on any atom is 0.146 e. The molecule has 0 aliphatic rings. The van der Waals surface area contributed by atoms with Gasteiger partial charge in [0, 0.05) is 13.6 Å². The van der Waals surface area contributed by atoms with Gasteiger partial charge >= 0.3 is 0 Å². The third-order valence-corrected chi connectivity index (χ3v) is 3.63. The average molecular weight is 320 g/mol. The molecule has 116 valence electrons. The van der Waals surface area contributed by atoms with Gasteiger partial charge in [-0.15, -0.1) is 0 Å². The Morgan fingerprint density at radius 3 is 2.68 bits per heavy atom. The van der Waals surface area contributed by atoms with Crippen LogP contribution in [0.2, 0.25) is 5.02 Å². The van der Waals surface area contributed by atoms with E-state index in [-0.39, 0.29) is 5.82 Å². The summed E-state index contributed by atoms with van der Waals surface area (Å²) in [5.41, 5.74) is 2.81. The molecule has 0 aliphatic carbocycles. The minimum atomic E-state index is -0.317. The predicted molar refractivity (Wildman–Crippen MR) is 92.3 cm³/mol. The van der Waals surface area contributed by atoms with E-state index in [0.717, 1.165) is 17.8 Å². The highest BCUT2D eigenvalue weighted by Gasteiger charge is 2.08. The summed E-state index contributed by atoms with van der Waals surface area (Å²) in [7, 11) is 1.95. The molecule has 0 saturated carbocycles. The Hall–Kier alpha value is -2.07. The number of anilines is 2. The summed E-state index contributed by atoms with van der Waals surface area (Å²) in [5, 5.41) is 3.52. The van der Waals surface area contributed by atoms with Crippen LogP contribution in [0, 0.1) is 12.7 Å². The standard InChI is InChI=1S/C17H19ClFN3/c1-4-22(3)11-20-16-10-13(18)17(9-12(16)2)21-15-8-6-5-7-14(15)19/h5-11,21H,4H2,1-3H3. The van der Waals surface area contributed by atoms with E-state index in [1.54, 1.807) is 30.6 Å². The molecule has 22 heavy (non-hydrogen) atoms. The van der Waals surface area contributed by atoms with Gasteiger partial charge in [-0.3, -0.25) is 0 Å². The lowest BCUT2D eigenvalue weighted by Gasteiger charge is -2.13. The van der Waals surface area contributed by atoms with E-state index in [9.17, 15) is 4.39 Å². The SMILES string of the molecule is CCN(C)C=Nc1cc(Cl)c(Nc2ccccc2F)cc1C. The molecule has 0 radical (unpaired) electrons. The van der Waals surface area contributed by atoms with E-state index in [1.165, 1.54) is 6.07 Å². The number of aliphatic imine (C=N–C) groups is 1. The third kappa shape index (κ3) is 3.98. The third-order valence-electron chi connectivity index (χ3n) is 3.32. The van der Waals surface area contributed by atoms with Crippen molar-refractivity contribution >= 4 is 35.0 Å². The molecule has 1 N–H and O–H groups in total. The van der Waals surface area contributed by atoms with Gasteiger partial charge in [-0.1, -0.05) is 23.7 Å². The molecule has 2 rings (SSSR count). The van der Waals surface area contributed by atoms with Crippen LogP contribution in [0.1, 0.15) is 12.5 Å². The first-order chi connectivity index (χ1) is 10.5. The van der Waals surface area contributed by atoms with Crippen molar-refractivity contribution in [1.29, 1.82) is 0 Å². The predicted octanol–water partition coefficient (Wildman–Crippen LogP) is 5.14. The van der Waals surface area contributed by atoms with Crippen LogP contribution in [0.15, 0.2) is 41.4 Å². The monoisotopic (exact) mass is 319 g/mol. The normalized spacial score (nSPS) is 11.0. The second-order valence-corrected chi connectivity index (χ2v) is 5.45. The number of nitrogens with zero attached hydrogens (tertiary/aromatic N) is 2. The number of rotatable bonds is 5. The van der Waals surface area contributed by atoms with Gasteiger partial charge in [0.2, 0.25) is 0 Å². The molecule has 0 atom stereocenters. The summed E-state index contributed by atoms with van der Waals surface area (Å²) < 4.78 is 13.7. The van der Waals surface area contributed by atoms with Crippen molar-refractivity contribution < 1.29 is 4.39 Å². The minimum Gasteiger partial charge on any atom is -0.366 e. The van der Waals surface area contributed by atoms with Crippen LogP contribution in [-0.2, 0) is 0 Å². The van der Waals surface area contributed by atoms with Crippen LogP contribution in [-0.4, -0.2) is 24.8 Å². The molecule has 0 heterocycles. The van der Waals surface area contributed by atoms with E-state index in [0.29, 0.717) is 16.4 Å². The fourth-order valence-electron chi connectivity index (χ4n) is 1.86. The Labute approximate surface area is 135 Å². The van der Waals surface area contributed by atoms with Crippen LogP contribution < -0.4 is 5.32 Å². The Balaban J connectivity index is 2.27. The van der Waals surface area contributed by atoms with Gasteiger partial charge in [0.1, 0.15) is 5.82 Å². The van der Waals surface area contributed by atoms with Gasteiger partial charge in [-0.2, -0.15) is 0 Å². The van der Waals surface area contributed by atoms with Crippen molar-refractivity contribution in [3.05, 3.63) is 52.8 Å². The van der Waals surface area contributed by atoms with E-state index in [4.69, 9.17) is 11.6 Å². The van der Waals surface area contributed by atoms with Crippen molar-refractivity contribution in [3.63, 3.8) is 0 Å². The second kappa shape index (κ2) is 7.27. The molecule has 0 aromatic heterocycles. The smallest absolute Gasteiger partial charge is 0.146 e. The number of benzene rings is 2. The summed E-state index contributed by atoms with van der Waals surface area (Å²) in [5.74, 6) is -0.317. The molecule has 3 nitrogen and oxygen atoms in total. The minimum absolute atomic E-state index is 0.317. The van der Waals surface area contributed by atoms with Crippen LogP contribution in [0.4, 0.5) is 21.5 Å². The molecule has 5 heteroatoms. The zero-order valence-electron chi connectivity index (χ0n) is 12.9. The quantitative estimate of drug-likeness (QED) is 0.610. The first-order valence-electron chi connectivity index (χ1n) is 7.07. The number of hydrogen-bond acceptors (Lipinski definition) is 2. The molecule has 0 aliphatic heterocycles. The van der Waals surface area contributed by atoms with Crippen LogP contribution >= 0.6 is 11.6 Å². The number of halogens is 2. The van der Waals surface area contributed by atoms with Crippen molar-refractivity contribution in [1.82, 2.24) is 4.90 Å². The lowest BCUT2D eigenvalue weighted by Crippen LogP contribution is -2.14. The summed E-state index contributed by atoms with van der Waals surface area (Å²) in [6, 6.07) is 10.1. The van der Waals surface area contributed by atoms with Gasteiger partial charge in [0.25, 0.3) is 0 Å². The Morgan fingerprint density at radius 1 is 1.27 bits per heavy atom.